The number of rotatable bonds is 1. The van der Waals surface area contributed by atoms with Gasteiger partial charge in [0.05, 0.1) is 5.54 Å². The van der Waals surface area contributed by atoms with E-state index in [9.17, 15) is 0 Å². The van der Waals surface area contributed by atoms with Gasteiger partial charge in [-0.3, -0.25) is 0 Å². The predicted octanol–water partition coefficient (Wildman–Crippen LogP) is 2.86. The minimum Gasteiger partial charge on any atom is -0.439 e. The maximum absolute atomic E-state index is 6.33. The van der Waals surface area contributed by atoms with E-state index in [1.165, 1.54) is 18.4 Å². The number of benzene rings is 1. The molecule has 1 aliphatic rings. The van der Waals surface area contributed by atoms with Crippen LogP contribution in [0.4, 0.5) is 0 Å². The molecule has 3 heteroatoms. The zero-order chi connectivity index (χ0) is 11.2. The Kier molecular flexibility index (Phi) is 2.04. The Bertz CT molecular complexity index is 524. The summed E-state index contributed by atoms with van der Waals surface area (Å²) < 4.78 is 5.80. The second kappa shape index (κ2) is 3.32. The van der Waals surface area contributed by atoms with Gasteiger partial charge in [-0.1, -0.05) is 18.9 Å². The first-order chi connectivity index (χ1) is 7.67. The molecule has 0 radical (unpaired) electrons. The van der Waals surface area contributed by atoms with Crippen molar-refractivity contribution >= 4 is 11.1 Å². The fraction of sp³-hybridized carbons (Fsp3) is 0.462. The summed E-state index contributed by atoms with van der Waals surface area (Å²) in [6.07, 6.45) is 4.32. The molecule has 0 amide bonds. The summed E-state index contributed by atoms with van der Waals surface area (Å²) in [7, 11) is 0. The van der Waals surface area contributed by atoms with E-state index in [1.54, 1.807) is 0 Å². The first kappa shape index (κ1) is 9.85. The van der Waals surface area contributed by atoms with E-state index in [1.807, 2.05) is 18.2 Å². The quantitative estimate of drug-likeness (QED) is 0.797. The van der Waals surface area contributed by atoms with Gasteiger partial charge in [0.2, 0.25) is 5.89 Å². The van der Waals surface area contributed by atoms with Crippen LogP contribution in [0.2, 0.25) is 0 Å². The minimum atomic E-state index is -0.326. The van der Waals surface area contributed by atoms with Gasteiger partial charge in [-0.05, 0) is 37.5 Å². The molecule has 0 saturated heterocycles. The molecule has 3 nitrogen and oxygen atoms in total. The summed E-state index contributed by atoms with van der Waals surface area (Å²) in [5, 5.41) is 0. The molecule has 3 rings (SSSR count). The van der Waals surface area contributed by atoms with Crippen molar-refractivity contribution in [1.82, 2.24) is 4.98 Å². The highest BCUT2D eigenvalue weighted by Gasteiger charge is 2.36. The average Bonchev–Trinajstić information content (AvgIpc) is 2.84. The number of fused-ring (bicyclic) bond motifs is 1. The van der Waals surface area contributed by atoms with Crippen molar-refractivity contribution in [3.63, 3.8) is 0 Å². The number of hydrogen-bond acceptors (Lipinski definition) is 3. The monoisotopic (exact) mass is 216 g/mol. The number of hydrogen-bond donors (Lipinski definition) is 1. The first-order valence-corrected chi connectivity index (χ1v) is 5.84. The van der Waals surface area contributed by atoms with Gasteiger partial charge in [-0.15, -0.1) is 0 Å². The van der Waals surface area contributed by atoms with Crippen molar-refractivity contribution < 1.29 is 4.42 Å². The molecular formula is C13H16N2O. The highest BCUT2D eigenvalue weighted by molar-refractivity contribution is 5.73. The molecule has 2 N–H and O–H groups in total. The number of aromatic nitrogens is 1. The SMILES string of the molecule is Cc1ccc2nc(C3(N)CCCC3)oc2c1. The van der Waals surface area contributed by atoms with Gasteiger partial charge < -0.3 is 10.2 Å². The Morgan fingerprint density at radius 2 is 2.06 bits per heavy atom. The molecule has 84 valence electrons. The van der Waals surface area contributed by atoms with Crippen LogP contribution < -0.4 is 5.73 Å². The van der Waals surface area contributed by atoms with Crippen LogP contribution in [-0.2, 0) is 5.54 Å². The molecule has 0 unspecified atom stereocenters. The lowest BCUT2D eigenvalue weighted by molar-refractivity contribution is 0.346. The largest absolute Gasteiger partial charge is 0.439 e. The van der Waals surface area contributed by atoms with Crippen molar-refractivity contribution in [1.29, 1.82) is 0 Å². The van der Waals surface area contributed by atoms with E-state index in [0.717, 1.165) is 23.9 Å². The lowest BCUT2D eigenvalue weighted by atomic mass is 10.00. The summed E-state index contributed by atoms with van der Waals surface area (Å²) in [6.45, 7) is 2.05. The zero-order valence-electron chi connectivity index (χ0n) is 9.49. The Morgan fingerprint density at radius 1 is 1.31 bits per heavy atom. The molecule has 1 aromatic carbocycles. The van der Waals surface area contributed by atoms with Crippen LogP contribution in [0.3, 0.4) is 0 Å². The number of nitrogens with two attached hydrogens (primary N) is 1. The maximum atomic E-state index is 6.33. The fourth-order valence-corrected chi connectivity index (χ4v) is 2.46. The molecule has 1 aromatic heterocycles. The molecule has 2 aromatic rings. The third kappa shape index (κ3) is 1.43. The van der Waals surface area contributed by atoms with Crippen LogP contribution in [0, 0.1) is 6.92 Å². The third-order valence-electron chi connectivity index (χ3n) is 3.47. The third-order valence-corrected chi connectivity index (χ3v) is 3.47. The second-order valence-corrected chi connectivity index (χ2v) is 4.85. The number of nitrogens with zero attached hydrogens (tertiary/aromatic N) is 1. The Balaban J connectivity index is 2.11. The van der Waals surface area contributed by atoms with E-state index in [0.29, 0.717) is 5.89 Å². The van der Waals surface area contributed by atoms with E-state index < -0.39 is 0 Å². The molecule has 0 aliphatic heterocycles. The topological polar surface area (TPSA) is 52.0 Å². The lowest BCUT2D eigenvalue weighted by Crippen LogP contribution is -2.33. The van der Waals surface area contributed by atoms with Crippen molar-refractivity contribution in [3.05, 3.63) is 29.7 Å². The summed E-state index contributed by atoms with van der Waals surface area (Å²) >= 11 is 0. The first-order valence-electron chi connectivity index (χ1n) is 5.84. The second-order valence-electron chi connectivity index (χ2n) is 4.85. The fourth-order valence-electron chi connectivity index (χ4n) is 2.46. The zero-order valence-corrected chi connectivity index (χ0v) is 9.49. The summed E-state index contributed by atoms with van der Waals surface area (Å²) in [6, 6.07) is 6.06. The predicted molar refractivity (Wildman–Crippen MR) is 63.1 cm³/mol. The number of aryl methyl sites for hydroxylation is 1. The normalized spacial score (nSPS) is 19.4. The Morgan fingerprint density at radius 3 is 2.81 bits per heavy atom. The molecule has 1 heterocycles. The smallest absolute Gasteiger partial charge is 0.215 e. The highest BCUT2D eigenvalue weighted by atomic mass is 16.4. The molecule has 0 bridgehead atoms. The van der Waals surface area contributed by atoms with Crippen LogP contribution in [0.1, 0.15) is 37.1 Å². The van der Waals surface area contributed by atoms with Crippen molar-refractivity contribution in [2.24, 2.45) is 5.73 Å². The summed E-state index contributed by atoms with van der Waals surface area (Å²) in [5.74, 6) is 0.714. The van der Waals surface area contributed by atoms with Crippen LogP contribution in [0.25, 0.3) is 11.1 Å². The molecule has 1 aliphatic carbocycles. The van der Waals surface area contributed by atoms with Gasteiger partial charge in [0.15, 0.2) is 5.58 Å². The maximum Gasteiger partial charge on any atom is 0.215 e. The number of oxazole rings is 1. The van der Waals surface area contributed by atoms with Gasteiger partial charge in [-0.25, -0.2) is 4.98 Å². The molecular weight excluding hydrogens is 200 g/mol. The molecule has 0 atom stereocenters. The van der Waals surface area contributed by atoms with Gasteiger partial charge in [0, 0.05) is 0 Å². The Labute approximate surface area is 94.7 Å². The van der Waals surface area contributed by atoms with Gasteiger partial charge in [0.25, 0.3) is 0 Å². The van der Waals surface area contributed by atoms with E-state index in [4.69, 9.17) is 10.2 Å². The minimum absolute atomic E-state index is 0.326. The van der Waals surface area contributed by atoms with Gasteiger partial charge in [-0.2, -0.15) is 0 Å². The van der Waals surface area contributed by atoms with Crippen molar-refractivity contribution in [2.45, 2.75) is 38.1 Å². The van der Waals surface area contributed by atoms with Gasteiger partial charge in [0.1, 0.15) is 5.52 Å². The van der Waals surface area contributed by atoms with Crippen LogP contribution in [-0.4, -0.2) is 4.98 Å². The van der Waals surface area contributed by atoms with Gasteiger partial charge >= 0.3 is 0 Å². The average molecular weight is 216 g/mol. The Hall–Kier alpha value is -1.35. The lowest BCUT2D eigenvalue weighted by Gasteiger charge is -2.18. The molecule has 16 heavy (non-hydrogen) atoms. The van der Waals surface area contributed by atoms with E-state index in [-0.39, 0.29) is 5.54 Å². The summed E-state index contributed by atoms with van der Waals surface area (Å²) in [4.78, 5) is 4.52. The molecule has 1 saturated carbocycles. The van der Waals surface area contributed by atoms with Crippen molar-refractivity contribution in [2.75, 3.05) is 0 Å². The molecule has 0 spiro atoms. The van der Waals surface area contributed by atoms with Crippen LogP contribution in [0.15, 0.2) is 22.6 Å². The molecule has 1 fully saturated rings. The van der Waals surface area contributed by atoms with Crippen molar-refractivity contribution in [3.8, 4) is 0 Å². The highest BCUT2D eigenvalue weighted by Crippen LogP contribution is 2.37. The van der Waals surface area contributed by atoms with Crippen LogP contribution >= 0.6 is 0 Å². The van der Waals surface area contributed by atoms with E-state index >= 15 is 0 Å². The van der Waals surface area contributed by atoms with Crippen LogP contribution in [0.5, 0.6) is 0 Å². The standard InChI is InChI=1S/C13H16N2O/c1-9-4-5-10-11(8-9)16-12(15-10)13(14)6-2-3-7-13/h4-5,8H,2-3,6-7,14H2,1H3. The van der Waals surface area contributed by atoms with E-state index in [2.05, 4.69) is 11.9 Å². The summed E-state index contributed by atoms with van der Waals surface area (Å²) in [5.41, 5.74) is 8.95.